The van der Waals surface area contributed by atoms with Crippen LogP contribution in [0.15, 0.2) is 29.3 Å². The molecule has 0 spiro atoms. The van der Waals surface area contributed by atoms with E-state index in [-0.39, 0.29) is 17.7 Å². The van der Waals surface area contributed by atoms with Crippen molar-refractivity contribution in [3.8, 4) is 5.75 Å². The van der Waals surface area contributed by atoms with Gasteiger partial charge in [-0.2, -0.15) is 0 Å². The van der Waals surface area contributed by atoms with Crippen LogP contribution < -0.4 is 10.5 Å². The van der Waals surface area contributed by atoms with Crippen LogP contribution in [0.1, 0.15) is 37.2 Å². The van der Waals surface area contributed by atoms with Gasteiger partial charge in [0.05, 0.1) is 6.04 Å². The Morgan fingerprint density at radius 1 is 1.17 bits per heavy atom. The Bertz CT molecular complexity index is 582. The number of hydrogen-bond acceptors (Lipinski definition) is 2. The number of para-hydroxylation sites is 1. The molecule has 1 aliphatic heterocycles. The van der Waals surface area contributed by atoms with E-state index in [1.54, 1.807) is 12.1 Å². The van der Waals surface area contributed by atoms with Crippen LogP contribution in [0.5, 0.6) is 5.75 Å². The molecule has 4 nitrogen and oxygen atoms in total. The second kappa shape index (κ2) is 6.29. The number of aliphatic imine (C=N–C) groups is 1. The van der Waals surface area contributed by atoms with E-state index in [9.17, 15) is 13.2 Å². The Kier molecular flexibility index (Phi) is 4.37. The Morgan fingerprint density at radius 3 is 2.57 bits per heavy atom. The van der Waals surface area contributed by atoms with Crippen molar-refractivity contribution in [1.82, 2.24) is 4.90 Å². The third-order valence-corrected chi connectivity index (χ3v) is 4.28. The highest BCUT2D eigenvalue weighted by Gasteiger charge is 2.42. The number of ether oxygens (including phenoxy) is 1. The predicted octanol–water partition coefficient (Wildman–Crippen LogP) is 3.24. The molecule has 126 valence electrons. The maximum absolute atomic E-state index is 12.5. The van der Waals surface area contributed by atoms with Crippen LogP contribution in [-0.2, 0) is 0 Å². The first-order valence-corrected chi connectivity index (χ1v) is 7.87. The van der Waals surface area contributed by atoms with Crippen LogP contribution in [0.2, 0.25) is 0 Å². The predicted molar refractivity (Wildman–Crippen MR) is 81.3 cm³/mol. The Morgan fingerprint density at radius 2 is 1.87 bits per heavy atom. The number of hydrogen-bond donors (Lipinski definition) is 1. The van der Waals surface area contributed by atoms with E-state index in [2.05, 4.69) is 14.6 Å². The zero-order chi connectivity index (χ0) is 16.4. The third-order valence-electron chi connectivity index (χ3n) is 4.28. The first-order valence-electron chi connectivity index (χ1n) is 7.87. The van der Waals surface area contributed by atoms with Gasteiger partial charge in [0.25, 0.3) is 0 Å². The summed E-state index contributed by atoms with van der Waals surface area (Å²) in [6, 6.07) is 6.20. The average molecular weight is 327 g/mol. The van der Waals surface area contributed by atoms with Crippen molar-refractivity contribution in [2.75, 3.05) is 13.1 Å². The summed E-state index contributed by atoms with van der Waals surface area (Å²) in [5, 5.41) is 0. The van der Waals surface area contributed by atoms with Crippen molar-refractivity contribution in [3.63, 3.8) is 0 Å². The van der Waals surface area contributed by atoms with E-state index in [0.717, 1.165) is 25.9 Å². The standard InChI is InChI=1S/C16H20F3N3O/c17-16(18,19)23-14-7-3-2-6-11(14)12-10-13(12)21-15(20)22-8-4-1-5-9-22/h2-3,6-7,12-13H,1,4-5,8-10H2,(H2,20,21). The van der Waals surface area contributed by atoms with Crippen LogP contribution >= 0.6 is 0 Å². The van der Waals surface area contributed by atoms with Gasteiger partial charge in [0.2, 0.25) is 0 Å². The average Bonchev–Trinajstić information content (AvgIpc) is 3.26. The minimum absolute atomic E-state index is 0.0584. The van der Waals surface area contributed by atoms with Gasteiger partial charge in [0.1, 0.15) is 5.75 Å². The molecule has 3 rings (SSSR count). The number of guanidine groups is 1. The van der Waals surface area contributed by atoms with Gasteiger partial charge < -0.3 is 15.4 Å². The fraction of sp³-hybridized carbons (Fsp3) is 0.562. The van der Waals surface area contributed by atoms with E-state index < -0.39 is 6.36 Å². The second-order valence-electron chi connectivity index (χ2n) is 6.03. The number of rotatable bonds is 3. The van der Waals surface area contributed by atoms with Crippen molar-refractivity contribution < 1.29 is 17.9 Å². The van der Waals surface area contributed by atoms with Crippen molar-refractivity contribution in [3.05, 3.63) is 29.8 Å². The van der Waals surface area contributed by atoms with Crippen LogP contribution in [0.4, 0.5) is 13.2 Å². The van der Waals surface area contributed by atoms with Crippen molar-refractivity contribution in [2.45, 2.75) is 44.0 Å². The Hall–Kier alpha value is -1.92. The zero-order valence-electron chi connectivity index (χ0n) is 12.7. The number of piperidine rings is 1. The minimum Gasteiger partial charge on any atom is -0.405 e. The summed E-state index contributed by atoms with van der Waals surface area (Å²) in [5.41, 5.74) is 6.58. The van der Waals surface area contributed by atoms with Crippen molar-refractivity contribution >= 4 is 5.96 Å². The van der Waals surface area contributed by atoms with Gasteiger partial charge in [-0.25, -0.2) is 4.99 Å². The molecule has 2 N–H and O–H groups in total. The van der Waals surface area contributed by atoms with Crippen LogP contribution in [0.25, 0.3) is 0 Å². The van der Waals surface area contributed by atoms with Gasteiger partial charge >= 0.3 is 6.36 Å². The zero-order valence-corrected chi connectivity index (χ0v) is 12.7. The van der Waals surface area contributed by atoms with Gasteiger partial charge in [-0.1, -0.05) is 18.2 Å². The molecule has 0 amide bonds. The van der Waals surface area contributed by atoms with Gasteiger partial charge in [0.15, 0.2) is 5.96 Å². The monoisotopic (exact) mass is 327 g/mol. The molecular weight excluding hydrogens is 307 g/mol. The molecule has 1 aliphatic carbocycles. The lowest BCUT2D eigenvalue weighted by Gasteiger charge is -2.27. The maximum Gasteiger partial charge on any atom is 0.573 e. The van der Waals surface area contributed by atoms with Crippen molar-refractivity contribution in [2.24, 2.45) is 10.7 Å². The molecule has 2 fully saturated rings. The quantitative estimate of drug-likeness (QED) is 0.685. The molecule has 1 aromatic rings. The lowest BCUT2D eigenvalue weighted by Crippen LogP contribution is -2.41. The van der Waals surface area contributed by atoms with Crippen molar-refractivity contribution in [1.29, 1.82) is 0 Å². The molecule has 2 aliphatic rings. The molecule has 0 aromatic heterocycles. The molecule has 1 aromatic carbocycles. The molecule has 2 atom stereocenters. The Balaban J connectivity index is 1.68. The molecule has 0 bridgehead atoms. The SMILES string of the molecule is NC(=NC1CC1c1ccccc1OC(F)(F)F)N1CCCCC1. The summed E-state index contributed by atoms with van der Waals surface area (Å²) in [7, 11) is 0. The smallest absolute Gasteiger partial charge is 0.405 e. The summed E-state index contributed by atoms with van der Waals surface area (Å²) < 4.78 is 41.6. The highest BCUT2D eigenvalue weighted by Crippen LogP contribution is 2.47. The maximum atomic E-state index is 12.5. The first-order chi connectivity index (χ1) is 10.9. The highest BCUT2D eigenvalue weighted by atomic mass is 19.4. The summed E-state index contributed by atoms with van der Waals surface area (Å²) >= 11 is 0. The molecule has 0 radical (unpaired) electrons. The summed E-state index contributed by atoms with van der Waals surface area (Å²) in [6.07, 6.45) is -0.569. The molecule has 1 saturated heterocycles. The molecule has 23 heavy (non-hydrogen) atoms. The molecule has 1 heterocycles. The van der Waals surface area contributed by atoms with E-state index in [1.807, 2.05) is 0 Å². The number of nitrogens with zero attached hydrogens (tertiary/aromatic N) is 2. The molecular formula is C16H20F3N3O. The molecule has 2 unspecified atom stereocenters. The molecule has 7 heteroatoms. The summed E-state index contributed by atoms with van der Waals surface area (Å²) in [4.78, 5) is 6.54. The highest BCUT2D eigenvalue weighted by molar-refractivity contribution is 5.78. The number of alkyl halides is 3. The van der Waals surface area contributed by atoms with Crippen LogP contribution in [0.3, 0.4) is 0 Å². The van der Waals surface area contributed by atoms with Gasteiger partial charge in [-0.15, -0.1) is 13.2 Å². The fourth-order valence-electron chi connectivity index (χ4n) is 3.04. The second-order valence-corrected chi connectivity index (χ2v) is 6.03. The number of likely N-dealkylation sites (tertiary alicyclic amines) is 1. The topological polar surface area (TPSA) is 50.9 Å². The minimum atomic E-state index is -4.68. The summed E-state index contributed by atoms with van der Waals surface area (Å²) in [6.45, 7) is 1.81. The number of nitrogens with two attached hydrogens (primary N) is 1. The normalized spacial score (nSPS) is 25.3. The van der Waals surface area contributed by atoms with Gasteiger partial charge in [-0.05, 0) is 37.3 Å². The third kappa shape index (κ3) is 4.09. The number of benzene rings is 1. The van der Waals surface area contributed by atoms with E-state index in [4.69, 9.17) is 5.73 Å². The van der Waals surface area contributed by atoms with E-state index >= 15 is 0 Å². The summed E-state index contributed by atoms with van der Waals surface area (Å²) in [5.74, 6) is 0.308. The van der Waals surface area contributed by atoms with Crippen LogP contribution in [-0.4, -0.2) is 36.4 Å². The number of halogens is 3. The van der Waals surface area contributed by atoms with E-state index in [1.165, 1.54) is 18.6 Å². The largest absolute Gasteiger partial charge is 0.573 e. The van der Waals surface area contributed by atoms with Gasteiger partial charge in [0, 0.05) is 19.0 Å². The fourth-order valence-corrected chi connectivity index (χ4v) is 3.04. The Labute approximate surface area is 133 Å². The lowest BCUT2D eigenvalue weighted by atomic mass is 10.1. The van der Waals surface area contributed by atoms with E-state index in [0.29, 0.717) is 17.9 Å². The van der Waals surface area contributed by atoms with Gasteiger partial charge in [-0.3, -0.25) is 0 Å². The van der Waals surface area contributed by atoms with Crippen LogP contribution in [0, 0.1) is 0 Å². The lowest BCUT2D eigenvalue weighted by molar-refractivity contribution is -0.274. The molecule has 1 saturated carbocycles. The first kappa shape index (κ1) is 16.0.